The van der Waals surface area contributed by atoms with Gasteiger partial charge in [-0.25, -0.2) is 8.78 Å². The van der Waals surface area contributed by atoms with Crippen LogP contribution in [-0.4, -0.2) is 10.5 Å². The van der Waals surface area contributed by atoms with E-state index < -0.39 is 17.7 Å². The lowest BCUT2D eigenvalue weighted by molar-refractivity contribution is 0.0930. The first-order valence-electron chi connectivity index (χ1n) is 6.53. The second-order valence-corrected chi connectivity index (χ2v) is 5.61. The largest absolute Gasteiger partial charge is 0.344 e. The number of aromatic nitrogens is 1. The van der Waals surface area contributed by atoms with E-state index in [-0.39, 0.29) is 5.91 Å². The molecule has 0 bridgehead atoms. The smallest absolute Gasteiger partial charge is 0.268 e. The molecule has 6 heteroatoms. The number of aryl methyl sites for hydroxylation is 1. The summed E-state index contributed by atoms with van der Waals surface area (Å²) < 4.78 is 28.8. The van der Waals surface area contributed by atoms with E-state index >= 15 is 0 Å². The predicted molar refractivity (Wildman–Crippen MR) is 80.0 cm³/mol. The minimum atomic E-state index is -0.923. The van der Waals surface area contributed by atoms with E-state index in [2.05, 4.69) is 21.2 Å². The van der Waals surface area contributed by atoms with Crippen LogP contribution in [0.4, 0.5) is 8.78 Å². The van der Waals surface area contributed by atoms with E-state index in [1.807, 2.05) is 13.1 Å². The molecular weight excluding hydrogens is 342 g/mol. The van der Waals surface area contributed by atoms with Crippen LogP contribution in [0.25, 0.3) is 0 Å². The molecule has 1 unspecified atom stereocenters. The van der Waals surface area contributed by atoms with Gasteiger partial charge in [0.15, 0.2) is 11.6 Å². The van der Waals surface area contributed by atoms with Gasteiger partial charge in [0.2, 0.25) is 0 Å². The average molecular weight is 357 g/mol. The van der Waals surface area contributed by atoms with Gasteiger partial charge < -0.3 is 9.88 Å². The van der Waals surface area contributed by atoms with Crippen LogP contribution in [0.15, 0.2) is 34.9 Å². The Balaban J connectivity index is 2.16. The zero-order valence-electron chi connectivity index (χ0n) is 11.7. The summed E-state index contributed by atoms with van der Waals surface area (Å²) in [5.41, 5.74) is 1.02. The molecule has 0 spiro atoms. The number of carbonyl (C=O) groups is 1. The second kappa shape index (κ2) is 6.39. The lowest BCUT2D eigenvalue weighted by Crippen LogP contribution is -2.28. The minimum absolute atomic E-state index is 0.264. The molecule has 112 valence electrons. The number of halogens is 3. The summed E-state index contributed by atoms with van der Waals surface area (Å²) >= 11 is 3.33. The number of benzene rings is 1. The topological polar surface area (TPSA) is 34.0 Å². The van der Waals surface area contributed by atoms with Crippen molar-refractivity contribution in [1.82, 2.24) is 9.88 Å². The van der Waals surface area contributed by atoms with E-state index in [0.29, 0.717) is 17.8 Å². The first-order valence-corrected chi connectivity index (χ1v) is 7.33. The van der Waals surface area contributed by atoms with Gasteiger partial charge in [-0.15, -0.1) is 0 Å². The van der Waals surface area contributed by atoms with Gasteiger partial charge in [0.1, 0.15) is 5.69 Å². The quantitative estimate of drug-likeness (QED) is 0.881. The van der Waals surface area contributed by atoms with Gasteiger partial charge in [0.25, 0.3) is 5.91 Å². The molecule has 0 radical (unpaired) electrons. The maximum atomic E-state index is 13.2. The average Bonchev–Trinajstić information content (AvgIpc) is 2.83. The van der Waals surface area contributed by atoms with Crippen molar-refractivity contribution in [2.24, 2.45) is 0 Å². The third kappa shape index (κ3) is 3.50. The molecule has 0 fully saturated rings. The van der Waals surface area contributed by atoms with Crippen LogP contribution in [-0.2, 0) is 6.54 Å². The fourth-order valence-electron chi connectivity index (χ4n) is 2.06. The molecule has 3 nitrogen and oxygen atoms in total. The van der Waals surface area contributed by atoms with E-state index in [1.165, 1.54) is 6.07 Å². The van der Waals surface area contributed by atoms with Crippen LogP contribution < -0.4 is 5.32 Å². The van der Waals surface area contributed by atoms with E-state index in [4.69, 9.17) is 0 Å². The molecule has 1 aromatic carbocycles. The molecule has 1 amide bonds. The summed E-state index contributed by atoms with van der Waals surface area (Å²) in [5, 5.41) is 2.78. The van der Waals surface area contributed by atoms with Gasteiger partial charge in [-0.05, 0) is 53.5 Å². The van der Waals surface area contributed by atoms with Crippen molar-refractivity contribution < 1.29 is 13.6 Å². The van der Waals surface area contributed by atoms with Crippen molar-refractivity contribution in [3.63, 3.8) is 0 Å². The zero-order valence-corrected chi connectivity index (χ0v) is 13.2. The molecule has 2 aromatic rings. The van der Waals surface area contributed by atoms with Gasteiger partial charge in [-0.3, -0.25) is 4.79 Å². The number of rotatable bonds is 4. The van der Waals surface area contributed by atoms with Gasteiger partial charge in [-0.2, -0.15) is 0 Å². The molecule has 0 aliphatic carbocycles. The lowest BCUT2D eigenvalue weighted by Gasteiger charge is -2.15. The molecule has 1 heterocycles. The van der Waals surface area contributed by atoms with Crippen molar-refractivity contribution in [2.75, 3.05) is 0 Å². The molecule has 1 aromatic heterocycles. The SMILES string of the molecule is CCn1cc(Br)cc1C(=O)NC(C)c1ccc(F)c(F)c1. The summed E-state index contributed by atoms with van der Waals surface area (Å²) in [7, 11) is 0. The predicted octanol–water partition coefficient (Wildman–Crippen LogP) is 4.04. The molecule has 0 aliphatic rings. The lowest BCUT2D eigenvalue weighted by atomic mass is 10.1. The van der Waals surface area contributed by atoms with Crippen LogP contribution in [0.2, 0.25) is 0 Å². The van der Waals surface area contributed by atoms with Crippen LogP contribution in [0, 0.1) is 11.6 Å². The number of nitrogens with one attached hydrogen (secondary N) is 1. The Morgan fingerprint density at radius 2 is 2.05 bits per heavy atom. The molecule has 2 rings (SSSR count). The summed E-state index contributed by atoms with van der Waals surface area (Å²) in [6, 6.07) is 4.90. The Kier molecular flexibility index (Phi) is 4.77. The van der Waals surface area contributed by atoms with E-state index in [9.17, 15) is 13.6 Å². The highest BCUT2D eigenvalue weighted by atomic mass is 79.9. The molecule has 0 aliphatic heterocycles. The van der Waals surface area contributed by atoms with Crippen molar-refractivity contribution in [3.8, 4) is 0 Å². The van der Waals surface area contributed by atoms with Gasteiger partial charge in [-0.1, -0.05) is 6.07 Å². The number of amides is 1. The standard InChI is InChI=1S/C15H15BrF2N2O/c1-3-20-8-11(16)7-14(20)15(21)19-9(2)10-4-5-12(17)13(18)6-10/h4-9H,3H2,1-2H3,(H,19,21). The molecule has 1 atom stereocenters. The van der Waals surface area contributed by atoms with Crippen LogP contribution in [0.1, 0.15) is 35.9 Å². The maximum absolute atomic E-state index is 13.2. The van der Waals surface area contributed by atoms with Crippen LogP contribution in [0.5, 0.6) is 0 Å². The van der Waals surface area contributed by atoms with Gasteiger partial charge in [0, 0.05) is 17.2 Å². The highest BCUT2D eigenvalue weighted by molar-refractivity contribution is 9.10. The number of carbonyl (C=O) groups excluding carboxylic acids is 1. The van der Waals surface area contributed by atoms with Crippen molar-refractivity contribution in [3.05, 3.63) is 57.8 Å². The molecular formula is C15H15BrF2N2O. The normalized spacial score (nSPS) is 12.2. The summed E-state index contributed by atoms with van der Waals surface area (Å²) in [5.74, 6) is -2.09. The molecule has 0 saturated carbocycles. The van der Waals surface area contributed by atoms with Crippen molar-refractivity contribution >= 4 is 21.8 Å². The minimum Gasteiger partial charge on any atom is -0.344 e. The summed E-state index contributed by atoms with van der Waals surface area (Å²) in [4.78, 5) is 12.3. The molecule has 1 N–H and O–H groups in total. The fraction of sp³-hybridized carbons (Fsp3) is 0.267. The number of nitrogens with zero attached hydrogens (tertiary/aromatic N) is 1. The molecule has 0 saturated heterocycles. The fourth-order valence-corrected chi connectivity index (χ4v) is 2.53. The monoisotopic (exact) mass is 356 g/mol. The Bertz CT molecular complexity index is 670. The van der Waals surface area contributed by atoms with Gasteiger partial charge in [0.05, 0.1) is 6.04 Å². The molecule has 21 heavy (non-hydrogen) atoms. The zero-order chi connectivity index (χ0) is 15.6. The summed E-state index contributed by atoms with van der Waals surface area (Å²) in [6.07, 6.45) is 1.82. The highest BCUT2D eigenvalue weighted by Crippen LogP contribution is 2.19. The summed E-state index contributed by atoms with van der Waals surface area (Å²) in [6.45, 7) is 4.31. The third-order valence-electron chi connectivity index (χ3n) is 3.23. The van der Waals surface area contributed by atoms with Crippen molar-refractivity contribution in [2.45, 2.75) is 26.4 Å². The van der Waals surface area contributed by atoms with E-state index in [1.54, 1.807) is 17.6 Å². The van der Waals surface area contributed by atoms with Crippen LogP contribution >= 0.6 is 15.9 Å². The van der Waals surface area contributed by atoms with Crippen LogP contribution in [0.3, 0.4) is 0 Å². The Morgan fingerprint density at radius 1 is 1.33 bits per heavy atom. The third-order valence-corrected chi connectivity index (χ3v) is 3.66. The van der Waals surface area contributed by atoms with Crippen molar-refractivity contribution in [1.29, 1.82) is 0 Å². The highest BCUT2D eigenvalue weighted by Gasteiger charge is 2.16. The Morgan fingerprint density at radius 3 is 2.67 bits per heavy atom. The number of hydrogen-bond donors (Lipinski definition) is 1. The second-order valence-electron chi connectivity index (χ2n) is 4.70. The first kappa shape index (κ1) is 15.7. The first-order chi connectivity index (χ1) is 9.92. The number of hydrogen-bond acceptors (Lipinski definition) is 1. The van der Waals surface area contributed by atoms with Gasteiger partial charge >= 0.3 is 0 Å². The Hall–Kier alpha value is -1.69. The Labute approximate surface area is 130 Å². The van der Waals surface area contributed by atoms with E-state index in [0.717, 1.165) is 16.6 Å². The maximum Gasteiger partial charge on any atom is 0.268 e.